The molecule has 3 rings (SSSR count). The molecule has 0 aromatic heterocycles. The molecule has 2 aliphatic heterocycles. The molecule has 0 spiro atoms. The molecule has 3 heteroatoms. The number of hydrogen-bond donors (Lipinski definition) is 0. The largest absolute Gasteiger partial charge is 0.377 e. The van der Waals surface area contributed by atoms with E-state index in [0.717, 1.165) is 26.1 Å². The molecule has 2 heterocycles. The van der Waals surface area contributed by atoms with Crippen LogP contribution in [0.4, 0.5) is 0 Å². The number of rotatable bonds is 1. The van der Waals surface area contributed by atoms with Gasteiger partial charge in [0.1, 0.15) is 0 Å². The van der Waals surface area contributed by atoms with Crippen molar-refractivity contribution in [3.8, 4) is 0 Å². The van der Waals surface area contributed by atoms with E-state index in [4.69, 9.17) is 4.74 Å². The van der Waals surface area contributed by atoms with E-state index in [-0.39, 0.29) is 5.92 Å². The Kier molecular flexibility index (Phi) is 0.969. The minimum atomic E-state index is 0.256. The average Bonchev–Trinajstić information content (AvgIpc) is 2.91. The van der Waals surface area contributed by atoms with Gasteiger partial charge in [-0.3, -0.25) is 4.79 Å². The van der Waals surface area contributed by atoms with Gasteiger partial charge in [-0.05, 0) is 6.42 Å². The van der Waals surface area contributed by atoms with Gasteiger partial charge in [0.15, 0.2) is 0 Å². The zero-order valence-electron chi connectivity index (χ0n) is 6.32. The second-order valence-corrected chi connectivity index (χ2v) is 3.64. The Morgan fingerprint density at radius 2 is 2.27 bits per heavy atom. The zero-order valence-corrected chi connectivity index (χ0v) is 6.32. The van der Waals surface area contributed by atoms with Crippen LogP contribution in [0, 0.1) is 11.8 Å². The molecule has 0 radical (unpaired) electrons. The van der Waals surface area contributed by atoms with Gasteiger partial charge in [0.25, 0.3) is 0 Å². The monoisotopic (exact) mass is 153 g/mol. The Labute approximate surface area is 65.3 Å². The quantitative estimate of drug-likeness (QED) is 0.491. The van der Waals surface area contributed by atoms with Gasteiger partial charge in [-0.15, -0.1) is 0 Å². The second-order valence-electron chi connectivity index (χ2n) is 3.64. The van der Waals surface area contributed by atoms with Crippen molar-refractivity contribution in [1.82, 2.24) is 4.90 Å². The first-order chi connectivity index (χ1) is 5.38. The summed E-state index contributed by atoms with van der Waals surface area (Å²) in [6, 6.07) is 0. The maximum Gasteiger partial charge on any atom is 0.228 e. The first-order valence-corrected chi connectivity index (χ1v) is 4.28. The third-order valence-electron chi connectivity index (χ3n) is 2.90. The number of carbonyl (C=O) groups is 1. The molecule has 60 valence electrons. The Morgan fingerprint density at radius 1 is 1.45 bits per heavy atom. The molecule has 3 atom stereocenters. The average molecular weight is 153 g/mol. The lowest BCUT2D eigenvalue weighted by Crippen LogP contribution is -2.17. The molecule has 2 saturated heterocycles. The molecule has 1 aliphatic carbocycles. The van der Waals surface area contributed by atoms with Crippen molar-refractivity contribution >= 4 is 5.91 Å². The van der Waals surface area contributed by atoms with Crippen molar-refractivity contribution < 1.29 is 9.53 Å². The predicted molar refractivity (Wildman–Crippen MR) is 37.9 cm³/mol. The van der Waals surface area contributed by atoms with Gasteiger partial charge in [0.2, 0.25) is 5.91 Å². The lowest BCUT2D eigenvalue weighted by atomic mass is 10.2. The van der Waals surface area contributed by atoms with Crippen LogP contribution in [0.2, 0.25) is 0 Å². The summed E-state index contributed by atoms with van der Waals surface area (Å²) in [7, 11) is 0. The first kappa shape index (κ1) is 6.00. The van der Waals surface area contributed by atoms with Crippen molar-refractivity contribution in [3.63, 3.8) is 0 Å². The fourth-order valence-electron chi connectivity index (χ4n) is 2.06. The molecule has 3 unspecified atom stereocenters. The van der Waals surface area contributed by atoms with E-state index in [9.17, 15) is 4.79 Å². The van der Waals surface area contributed by atoms with E-state index in [1.54, 1.807) is 0 Å². The summed E-state index contributed by atoms with van der Waals surface area (Å²) in [6.07, 6.45) is 1.41. The maximum atomic E-state index is 11.4. The van der Waals surface area contributed by atoms with Crippen LogP contribution in [0.1, 0.15) is 6.42 Å². The van der Waals surface area contributed by atoms with Crippen LogP contribution in [0.25, 0.3) is 0 Å². The number of nitrogens with zero attached hydrogens (tertiary/aromatic N) is 1. The van der Waals surface area contributed by atoms with Gasteiger partial charge in [-0.25, -0.2) is 0 Å². The predicted octanol–water partition coefficient (Wildman–Crippen LogP) is -0.137. The SMILES string of the molecule is O=C(C1C2CCOC21)N1CC1. The van der Waals surface area contributed by atoms with E-state index in [1.165, 1.54) is 0 Å². The fraction of sp³-hybridized carbons (Fsp3) is 0.875. The number of carbonyl (C=O) groups excluding carboxylic acids is 1. The van der Waals surface area contributed by atoms with E-state index < -0.39 is 0 Å². The molecule has 3 nitrogen and oxygen atoms in total. The highest BCUT2D eigenvalue weighted by Gasteiger charge is 2.60. The van der Waals surface area contributed by atoms with Gasteiger partial charge in [-0.2, -0.15) is 0 Å². The van der Waals surface area contributed by atoms with Crippen LogP contribution in [0.5, 0.6) is 0 Å². The zero-order chi connectivity index (χ0) is 7.42. The summed E-state index contributed by atoms with van der Waals surface area (Å²) in [4.78, 5) is 13.3. The molecule has 0 N–H and O–H groups in total. The molecule has 3 fully saturated rings. The smallest absolute Gasteiger partial charge is 0.228 e. The Morgan fingerprint density at radius 3 is 2.82 bits per heavy atom. The van der Waals surface area contributed by atoms with Crippen LogP contribution in [-0.2, 0) is 9.53 Å². The third-order valence-corrected chi connectivity index (χ3v) is 2.90. The van der Waals surface area contributed by atoms with E-state index in [1.807, 2.05) is 4.90 Å². The maximum absolute atomic E-state index is 11.4. The normalized spacial score (nSPS) is 45.5. The summed E-state index contributed by atoms with van der Waals surface area (Å²) in [6.45, 7) is 2.84. The van der Waals surface area contributed by atoms with Gasteiger partial charge < -0.3 is 9.64 Å². The molecule has 0 aromatic rings. The van der Waals surface area contributed by atoms with Gasteiger partial charge >= 0.3 is 0 Å². The summed E-state index contributed by atoms with van der Waals surface area (Å²) < 4.78 is 5.39. The molecular weight excluding hydrogens is 142 g/mol. The molecular formula is C8H11NO2. The lowest BCUT2D eigenvalue weighted by Gasteiger charge is -2.02. The summed E-state index contributed by atoms with van der Waals surface area (Å²) >= 11 is 0. The Hall–Kier alpha value is -0.570. The first-order valence-electron chi connectivity index (χ1n) is 4.28. The molecule has 3 aliphatic rings. The van der Waals surface area contributed by atoms with E-state index in [2.05, 4.69) is 0 Å². The number of fused-ring (bicyclic) bond motifs is 1. The summed E-state index contributed by atoms with van der Waals surface area (Å²) in [5.41, 5.74) is 0. The van der Waals surface area contributed by atoms with E-state index in [0.29, 0.717) is 17.9 Å². The Bertz CT molecular complexity index is 202. The highest BCUT2D eigenvalue weighted by molar-refractivity contribution is 5.84. The van der Waals surface area contributed by atoms with Crippen LogP contribution in [0.3, 0.4) is 0 Å². The van der Waals surface area contributed by atoms with Crippen molar-refractivity contribution in [2.75, 3.05) is 19.7 Å². The third kappa shape index (κ3) is 0.745. The number of hydrogen-bond acceptors (Lipinski definition) is 2. The van der Waals surface area contributed by atoms with E-state index >= 15 is 0 Å². The molecule has 11 heavy (non-hydrogen) atoms. The molecule has 0 aromatic carbocycles. The van der Waals surface area contributed by atoms with Crippen LogP contribution in [0.15, 0.2) is 0 Å². The molecule has 1 amide bonds. The van der Waals surface area contributed by atoms with Crippen LogP contribution >= 0.6 is 0 Å². The lowest BCUT2D eigenvalue weighted by molar-refractivity contribution is -0.128. The second kappa shape index (κ2) is 1.78. The standard InChI is InChI=1S/C8H11NO2/c10-8(9-2-3-9)6-5-1-4-11-7(5)6/h5-7H,1-4H2. The highest BCUT2D eigenvalue weighted by Crippen LogP contribution is 2.50. The number of ether oxygens (including phenoxy) is 1. The van der Waals surface area contributed by atoms with Gasteiger partial charge in [-0.1, -0.05) is 0 Å². The topological polar surface area (TPSA) is 29.3 Å². The molecule has 0 bridgehead atoms. The van der Waals surface area contributed by atoms with Crippen molar-refractivity contribution in [3.05, 3.63) is 0 Å². The minimum absolute atomic E-state index is 0.256. The van der Waals surface area contributed by atoms with Gasteiger partial charge in [0.05, 0.1) is 12.0 Å². The summed E-state index contributed by atoms with van der Waals surface area (Å²) in [5.74, 6) is 1.19. The minimum Gasteiger partial charge on any atom is -0.377 e. The van der Waals surface area contributed by atoms with Crippen LogP contribution in [-0.4, -0.2) is 36.6 Å². The Balaban J connectivity index is 1.69. The number of amides is 1. The fourth-order valence-corrected chi connectivity index (χ4v) is 2.06. The molecule has 1 saturated carbocycles. The van der Waals surface area contributed by atoms with Crippen molar-refractivity contribution in [2.24, 2.45) is 11.8 Å². The summed E-state index contributed by atoms with van der Waals surface area (Å²) in [5, 5.41) is 0. The van der Waals surface area contributed by atoms with Gasteiger partial charge in [0, 0.05) is 25.6 Å². The van der Waals surface area contributed by atoms with Crippen molar-refractivity contribution in [2.45, 2.75) is 12.5 Å². The van der Waals surface area contributed by atoms with Crippen molar-refractivity contribution in [1.29, 1.82) is 0 Å². The van der Waals surface area contributed by atoms with Crippen LogP contribution < -0.4 is 0 Å². The highest BCUT2D eigenvalue weighted by atomic mass is 16.5.